The molecule has 4 nitrogen and oxygen atoms in total. The molecule has 0 aromatic carbocycles. The third-order valence-corrected chi connectivity index (χ3v) is 5.40. The predicted octanol–water partition coefficient (Wildman–Crippen LogP) is 2.72. The Morgan fingerprint density at radius 1 is 1.53 bits per heavy atom. The SMILES string of the molecule is CCNC1(CO)CCCC(n2nc(C)c(Br)c2C)C1. The van der Waals surface area contributed by atoms with Crippen LogP contribution in [0.5, 0.6) is 0 Å². The predicted molar refractivity (Wildman–Crippen MR) is 80.4 cm³/mol. The summed E-state index contributed by atoms with van der Waals surface area (Å²) in [6.07, 6.45) is 4.27. The van der Waals surface area contributed by atoms with Crippen molar-refractivity contribution < 1.29 is 5.11 Å². The van der Waals surface area contributed by atoms with Crippen molar-refractivity contribution in [2.75, 3.05) is 13.2 Å². The number of halogens is 1. The summed E-state index contributed by atoms with van der Waals surface area (Å²) in [5.41, 5.74) is 2.10. The van der Waals surface area contributed by atoms with Gasteiger partial charge in [0.1, 0.15) is 0 Å². The molecule has 0 radical (unpaired) electrons. The molecule has 1 saturated carbocycles. The molecule has 1 fully saturated rings. The van der Waals surface area contributed by atoms with Gasteiger partial charge in [-0.1, -0.05) is 6.92 Å². The van der Waals surface area contributed by atoms with Gasteiger partial charge in [-0.3, -0.25) is 4.68 Å². The summed E-state index contributed by atoms with van der Waals surface area (Å²) in [5.74, 6) is 0. The van der Waals surface area contributed by atoms with E-state index in [9.17, 15) is 5.11 Å². The second kappa shape index (κ2) is 5.94. The lowest BCUT2D eigenvalue weighted by atomic mass is 9.79. The van der Waals surface area contributed by atoms with Gasteiger partial charge >= 0.3 is 0 Å². The van der Waals surface area contributed by atoms with Crippen molar-refractivity contribution >= 4 is 15.9 Å². The number of hydrogen-bond donors (Lipinski definition) is 2. The van der Waals surface area contributed by atoms with Crippen LogP contribution in [0.2, 0.25) is 0 Å². The van der Waals surface area contributed by atoms with Crippen LogP contribution in [0.1, 0.15) is 50.0 Å². The van der Waals surface area contributed by atoms with Crippen molar-refractivity contribution in [2.24, 2.45) is 0 Å². The topological polar surface area (TPSA) is 50.1 Å². The van der Waals surface area contributed by atoms with E-state index in [-0.39, 0.29) is 12.1 Å². The minimum Gasteiger partial charge on any atom is -0.394 e. The van der Waals surface area contributed by atoms with E-state index >= 15 is 0 Å². The molecular weight excluding hydrogens is 306 g/mol. The summed E-state index contributed by atoms with van der Waals surface area (Å²) >= 11 is 3.59. The molecule has 2 rings (SSSR count). The Morgan fingerprint density at radius 3 is 2.79 bits per heavy atom. The largest absolute Gasteiger partial charge is 0.394 e. The molecule has 108 valence electrons. The molecule has 0 spiro atoms. The molecule has 5 heteroatoms. The Bertz CT molecular complexity index is 442. The highest BCUT2D eigenvalue weighted by atomic mass is 79.9. The Hall–Kier alpha value is -0.390. The fourth-order valence-corrected chi connectivity index (χ4v) is 3.53. The van der Waals surface area contributed by atoms with Crippen LogP contribution in [-0.4, -0.2) is 33.6 Å². The molecular formula is C14H24BrN3O. The van der Waals surface area contributed by atoms with Crippen molar-refractivity contribution in [3.8, 4) is 0 Å². The zero-order chi connectivity index (χ0) is 14.0. The summed E-state index contributed by atoms with van der Waals surface area (Å²) in [4.78, 5) is 0. The molecule has 2 atom stereocenters. The summed E-state index contributed by atoms with van der Waals surface area (Å²) in [6.45, 7) is 7.33. The average Bonchev–Trinajstić information content (AvgIpc) is 2.67. The van der Waals surface area contributed by atoms with E-state index in [1.165, 1.54) is 5.69 Å². The normalized spacial score (nSPS) is 27.7. The maximum Gasteiger partial charge on any atom is 0.0738 e. The van der Waals surface area contributed by atoms with Crippen LogP contribution in [0.15, 0.2) is 4.47 Å². The number of aliphatic hydroxyl groups is 1. The highest BCUT2D eigenvalue weighted by molar-refractivity contribution is 9.10. The summed E-state index contributed by atoms with van der Waals surface area (Å²) in [7, 11) is 0. The van der Waals surface area contributed by atoms with Gasteiger partial charge in [0.2, 0.25) is 0 Å². The van der Waals surface area contributed by atoms with Gasteiger partial charge in [0, 0.05) is 5.54 Å². The van der Waals surface area contributed by atoms with Crippen molar-refractivity contribution in [1.82, 2.24) is 15.1 Å². The number of hydrogen-bond acceptors (Lipinski definition) is 3. The fourth-order valence-electron chi connectivity index (χ4n) is 3.27. The average molecular weight is 330 g/mol. The highest BCUT2D eigenvalue weighted by Crippen LogP contribution is 2.37. The maximum absolute atomic E-state index is 9.76. The van der Waals surface area contributed by atoms with Crippen molar-refractivity contribution in [3.05, 3.63) is 15.9 Å². The van der Waals surface area contributed by atoms with Crippen molar-refractivity contribution in [1.29, 1.82) is 0 Å². The Balaban J connectivity index is 2.23. The molecule has 0 bridgehead atoms. The van der Waals surface area contributed by atoms with Crippen LogP contribution in [0, 0.1) is 13.8 Å². The van der Waals surface area contributed by atoms with Gasteiger partial charge < -0.3 is 10.4 Å². The van der Waals surface area contributed by atoms with Gasteiger partial charge in [-0.25, -0.2) is 0 Å². The summed E-state index contributed by atoms with van der Waals surface area (Å²) in [6, 6.07) is 0.380. The molecule has 1 aromatic heterocycles. The second-order valence-electron chi connectivity index (χ2n) is 5.65. The molecule has 0 saturated heterocycles. The van der Waals surface area contributed by atoms with E-state index in [0.717, 1.165) is 42.4 Å². The van der Waals surface area contributed by atoms with Gasteiger partial charge in [0.25, 0.3) is 0 Å². The van der Waals surface area contributed by atoms with Crippen molar-refractivity contribution in [2.45, 2.75) is 58.0 Å². The third kappa shape index (κ3) is 2.88. The van der Waals surface area contributed by atoms with Crippen LogP contribution in [0.3, 0.4) is 0 Å². The van der Waals surface area contributed by atoms with Gasteiger partial charge in [0.05, 0.1) is 28.5 Å². The van der Waals surface area contributed by atoms with Crippen LogP contribution in [0.4, 0.5) is 0 Å². The lowest BCUT2D eigenvalue weighted by Crippen LogP contribution is -2.52. The number of likely N-dealkylation sites (N-methyl/N-ethyl adjacent to an activating group) is 1. The van der Waals surface area contributed by atoms with E-state index in [4.69, 9.17) is 0 Å². The number of nitrogens with one attached hydrogen (secondary N) is 1. The highest BCUT2D eigenvalue weighted by Gasteiger charge is 2.36. The lowest BCUT2D eigenvalue weighted by molar-refractivity contribution is 0.0954. The molecule has 19 heavy (non-hydrogen) atoms. The number of aliphatic hydroxyl groups excluding tert-OH is 1. The fraction of sp³-hybridized carbons (Fsp3) is 0.786. The first-order valence-electron chi connectivity index (χ1n) is 7.10. The standard InChI is InChI=1S/C14H24BrN3O/c1-4-16-14(9-19)7-5-6-12(8-14)18-11(3)13(15)10(2)17-18/h12,16,19H,4-9H2,1-3H3. The Labute approximate surface area is 123 Å². The van der Waals surface area contributed by atoms with Crippen LogP contribution >= 0.6 is 15.9 Å². The molecule has 2 unspecified atom stereocenters. The molecule has 0 aliphatic heterocycles. The monoisotopic (exact) mass is 329 g/mol. The first-order chi connectivity index (χ1) is 9.03. The van der Waals surface area contributed by atoms with E-state index in [0.29, 0.717) is 6.04 Å². The van der Waals surface area contributed by atoms with Gasteiger partial charge in [-0.2, -0.15) is 5.10 Å². The smallest absolute Gasteiger partial charge is 0.0738 e. The molecule has 1 aliphatic carbocycles. The van der Waals surface area contributed by atoms with Gasteiger partial charge in [-0.05, 0) is 62.0 Å². The first-order valence-corrected chi connectivity index (χ1v) is 7.89. The summed E-state index contributed by atoms with van der Waals surface area (Å²) in [5, 5.41) is 17.9. The third-order valence-electron chi connectivity index (χ3n) is 4.26. The van der Waals surface area contributed by atoms with Crippen LogP contribution in [0.25, 0.3) is 0 Å². The molecule has 1 aliphatic rings. The maximum atomic E-state index is 9.76. The van der Waals surface area contributed by atoms with Gasteiger partial charge in [0.15, 0.2) is 0 Å². The molecule has 1 heterocycles. The molecule has 1 aromatic rings. The molecule has 0 amide bonds. The minimum atomic E-state index is -0.129. The number of aromatic nitrogens is 2. The zero-order valence-electron chi connectivity index (χ0n) is 12.0. The quantitative estimate of drug-likeness (QED) is 0.892. The number of aryl methyl sites for hydroxylation is 1. The van der Waals surface area contributed by atoms with E-state index < -0.39 is 0 Å². The van der Waals surface area contributed by atoms with E-state index in [1.54, 1.807) is 0 Å². The zero-order valence-corrected chi connectivity index (χ0v) is 13.6. The van der Waals surface area contributed by atoms with E-state index in [1.807, 2.05) is 6.92 Å². The van der Waals surface area contributed by atoms with E-state index in [2.05, 4.69) is 44.9 Å². The van der Waals surface area contributed by atoms with Crippen LogP contribution in [-0.2, 0) is 0 Å². The lowest BCUT2D eigenvalue weighted by Gasteiger charge is -2.40. The second-order valence-corrected chi connectivity index (χ2v) is 6.44. The number of nitrogens with zero attached hydrogens (tertiary/aromatic N) is 2. The molecule has 2 N–H and O–H groups in total. The Morgan fingerprint density at radius 2 is 2.26 bits per heavy atom. The first kappa shape index (κ1) is 15.0. The van der Waals surface area contributed by atoms with Crippen LogP contribution < -0.4 is 5.32 Å². The van der Waals surface area contributed by atoms with Gasteiger partial charge in [-0.15, -0.1) is 0 Å². The number of rotatable bonds is 4. The summed E-state index contributed by atoms with van der Waals surface area (Å²) < 4.78 is 3.25. The minimum absolute atomic E-state index is 0.129. The Kier molecular flexibility index (Phi) is 4.69. The van der Waals surface area contributed by atoms with Crippen molar-refractivity contribution in [3.63, 3.8) is 0 Å².